The van der Waals surface area contributed by atoms with Gasteiger partial charge in [-0.05, 0) is 17.7 Å². The average molecular weight is 242 g/mol. The summed E-state index contributed by atoms with van der Waals surface area (Å²) >= 11 is 6.05. The summed E-state index contributed by atoms with van der Waals surface area (Å²) in [6, 6.07) is 2.60. The second kappa shape index (κ2) is 4.31. The molecule has 0 amide bonds. The van der Waals surface area contributed by atoms with Crippen LogP contribution in [0.5, 0.6) is 5.75 Å². The molecule has 1 aliphatic rings. The molecule has 0 saturated carbocycles. The molecular weight excluding hydrogens is 230 g/mol. The molecule has 1 heterocycles. The summed E-state index contributed by atoms with van der Waals surface area (Å²) in [6.45, 7) is 0.616. The van der Waals surface area contributed by atoms with Gasteiger partial charge < -0.3 is 15.6 Å². The van der Waals surface area contributed by atoms with E-state index in [0.717, 1.165) is 23.3 Å². The highest BCUT2D eigenvalue weighted by Gasteiger charge is 2.22. The normalized spacial score (nSPS) is 15.4. The van der Waals surface area contributed by atoms with E-state index in [1.54, 1.807) is 12.1 Å². The second-order valence-corrected chi connectivity index (χ2v) is 4.16. The topological polar surface area (TPSA) is 72.5 Å². The predicted octanol–water partition coefficient (Wildman–Crippen LogP) is 1.23. The van der Waals surface area contributed by atoms with Crippen molar-refractivity contribution in [1.29, 1.82) is 0 Å². The van der Waals surface area contributed by atoms with Crippen LogP contribution >= 0.6 is 11.6 Å². The Morgan fingerprint density at radius 3 is 3.06 bits per heavy atom. The van der Waals surface area contributed by atoms with Gasteiger partial charge in [0.2, 0.25) is 0 Å². The zero-order chi connectivity index (χ0) is 11.7. The van der Waals surface area contributed by atoms with Crippen LogP contribution in [0, 0.1) is 0 Å². The Labute approximate surface area is 98.0 Å². The molecule has 0 saturated heterocycles. The van der Waals surface area contributed by atoms with Crippen LogP contribution in [0.4, 0.5) is 0 Å². The second-order valence-electron chi connectivity index (χ2n) is 3.75. The first-order chi connectivity index (χ1) is 7.59. The first-order valence-corrected chi connectivity index (χ1v) is 5.39. The maximum absolute atomic E-state index is 10.7. The van der Waals surface area contributed by atoms with Gasteiger partial charge >= 0.3 is 5.97 Å². The van der Waals surface area contributed by atoms with Crippen molar-refractivity contribution in [1.82, 2.24) is 0 Å². The maximum Gasteiger partial charge on any atom is 0.320 e. The fraction of sp³-hybridized carbons (Fsp3) is 0.364. The summed E-state index contributed by atoms with van der Waals surface area (Å²) < 4.78 is 5.39. The van der Waals surface area contributed by atoms with E-state index in [9.17, 15) is 4.79 Å². The highest BCUT2D eigenvalue weighted by molar-refractivity contribution is 6.31. The Morgan fingerprint density at radius 1 is 1.62 bits per heavy atom. The van der Waals surface area contributed by atoms with Crippen molar-refractivity contribution in [2.75, 3.05) is 6.61 Å². The lowest BCUT2D eigenvalue weighted by molar-refractivity contribution is -0.138. The lowest BCUT2D eigenvalue weighted by atomic mass is 9.99. The fourth-order valence-corrected chi connectivity index (χ4v) is 2.10. The molecule has 5 heteroatoms. The third-order valence-corrected chi connectivity index (χ3v) is 3.04. The van der Waals surface area contributed by atoms with Crippen molar-refractivity contribution in [2.45, 2.75) is 18.9 Å². The standard InChI is InChI=1S/C11H12ClNO3/c12-8-1-2-10-6(3-4-16-10)7(8)5-9(13)11(14)15/h1-2,9H,3-5,13H2,(H,14,15). The maximum atomic E-state index is 10.7. The van der Waals surface area contributed by atoms with E-state index in [0.29, 0.717) is 11.6 Å². The van der Waals surface area contributed by atoms with Crippen LogP contribution in [0.25, 0.3) is 0 Å². The summed E-state index contributed by atoms with van der Waals surface area (Å²) in [5.74, 6) is -0.232. The van der Waals surface area contributed by atoms with Crippen molar-refractivity contribution < 1.29 is 14.6 Å². The Morgan fingerprint density at radius 2 is 2.38 bits per heavy atom. The Kier molecular flexibility index (Phi) is 3.03. The van der Waals surface area contributed by atoms with Gasteiger partial charge in [-0.15, -0.1) is 0 Å². The predicted molar refractivity (Wildman–Crippen MR) is 60.0 cm³/mol. The van der Waals surface area contributed by atoms with Gasteiger partial charge in [-0.2, -0.15) is 0 Å². The van der Waals surface area contributed by atoms with Crippen molar-refractivity contribution in [3.63, 3.8) is 0 Å². The summed E-state index contributed by atoms with van der Waals surface area (Å²) in [6.07, 6.45) is 0.998. The van der Waals surface area contributed by atoms with Gasteiger partial charge in [0.15, 0.2) is 0 Å². The van der Waals surface area contributed by atoms with E-state index in [4.69, 9.17) is 27.2 Å². The number of hydrogen-bond acceptors (Lipinski definition) is 3. The Bertz CT molecular complexity index is 433. The van der Waals surface area contributed by atoms with Gasteiger partial charge in [0, 0.05) is 23.4 Å². The van der Waals surface area contributed by atoms with E-state index < -0.39 is 12.0 Å². The first-order valence-electron chi connectivity index (χ1n) is 5.01. The molecule has 0 radical (unpaired) electrons. The van der Waals surface area contributed by atoms with E-state index in [-0.39, 0.29) is 6.42 Å². The van der Waals surface area contributed by atoms with Crippen LogP contribution in [0.3, 0.4) is 0 Å². The van der Waals surface area contributed by atoms with Crippen molar-refractivity contribution in [2.24, 2.45) is 5.73 Å². The zero-order valence-corrected chi connectivity index (χ0v) is 9.33. The SMILES string of the molecule is NC(Cc1c(Cl)ccc2c1CCO2)C(=O)O. The monoisotopic (exact) mass is 241 g/mol. The quantitative estimate of drug-likeness (QED) is 0.835. The molecule has 1 atom stereocenters. The van der Waals surface area contributed by atoms with Crippen LogP contribution in [-0.2, 0) is 17.6 Å². The summed E-state index contributed by atoms with van der Waals surface area (Å²) in [4.78, 5) is 10.7. The number of hydrogen-bond donors (Lipinski definition) is 2. The number of aliphatic carboxylic acids is 1. The van der Waals surface area contributed by atoms with Crippen molar-refractivity contribution in [3.05, 3.63) is 28.3 Å². The van der Waals surface area contributed by atoms with Gasteiger partial charge in [-0.1, -0.05) is 11.6 Å². The van der Waals surface area contributed by atoms with E-state index >= 15 is 0 Å². The van der Waals surface area contributed by atoms with Crippen molar-refractivity contribution >= 4 is 17.6 Å². The number of ether oxygens (including phenoxy) is 1. The molecule has 0 fully saturated rings. The van der Waals surface area contributed by atoms with Crippen LogP contribution in [0.15, 0.2) is 12.1 Å². The van der Waals surface area contributed by atoms with Crippen LogP contribution in [0.2, 0.25) is 5.02 Å². The number of nitrogens with two attached hydrogens (primary N) is 1. The Balaban J connectivity index is 2.33. The summed E-state index contributed by atoms with van der Waals surface area (Å²) in [7, 11) is 0. The number of fused-ring (bicyclic) bond motifs is 1. The molecule has 1 unspecified atom stereocenters. The van der Waals surface area contributed by atoms with E-state index in [1.807, 2.05) is 0 Å². The number of carboxylic acids is 1. The summed E-state index contributed by atoms with van der Waals surface area (Å²) in [5, 5.41) is 9.34. The third kappa shape index (κ3) is 1.99. The number of rotatable bonds is 3. The van der Waals surface area contributed by atoms with Crippen molar-refractivity contribution in [3.8, 4) is 5.75 Å². The number of benzene rings is 1. The number of carboxylic acid groups (broad SMARTS) is 1. The minimum absolute atomic E-state index is 0.237. The first kappa shape index (κ1) is 11.2. The van der Waals surface area contributed by atoms with Gasteiger partial charge in [0.1, 0.15) is 11.8 Å². The molecule has 0 aromatic heterocycles. The largest absolute Gasteiger partial charge is 0.493 e. The molecule has 86 valence electrons. The third-order valence-electron chi connectivity index (χ3n) is 2.68. The highest BCUT2D eigenvalue weighted by Crippen LogP contribution is 2.33. The molecule has 16 heavy (non-hydrogen) atoms. The van der Waals surface area contributed by atoms with Gasteiger partial charge in [0.05, 0.1) is 6.61 Å². The molecule has 0 spiro atoms. The summed E-state index contributed by atoms with van der Waals surface area (Å²) in [5.41, 5.74) is 7.30. The number of carbonyl (C=O) groups is 1. The molecule has 1 aromatic carbocycles. The number of halogens is 1. The van der Waals surface area contributed by atoms with E-state index in [2.05, 4.69) is 0 Å². The smallest absolute Gasteiger partial charge is 0.320 e. The molecule has 2 rings (SSSR count). The molecule has 3 N–H and O–H groups in total. The molecule has 4 nitrogen and oxygen atoms in total. The highest BCUT2D eigenvalue weighted by atomic mass is 35.5. The lowest BCUT2D eigenvalue weighted by Crippen LogP contribution is -2.32. The van der Waals surface area contributed by atoms with Crippen LogP contribution in [0.1, 0.15) is 11.1 Å². The van der Waals surface area contributed by atoms with Crippen LogP contribution < -0.4 is 10.5 Å². The minimum Gasteiger partial charge on any atom is -0.493 e. The molecule has 0 bridgehead atoms. The molecule has 1 aliphatic heterocycles. The molecule has 0 aliphatic carbocycles. The lowest BCUT2D eigenvalue weighted by Gasteiger charge is -2.12. The van der Waals surface area contributed by atoms with Gasteiger partial charge in [-0.3, -0.25) is 4.79 Å². The minimum atomic E-state index is -1.02. The van der Waals surface area contributed by atoms with Gasteiger partial charge in [-0.25, -0.2) is 0 Å². The Hall–Kier alpha value is -1.26. The average Bonchev–Trinajstić information content (AvgIpc) is 2.70. The zero-order valence-electron chi connectivity index (χ0n) is 8.57. The van der Waals surface area contributed by atoms with Gasteiger partial charge in [0.25, 0.3) is 0 Å². The van der Waals surface area contributed by atoms with Crippen LogP contribution in [-0.4, -0.2) is 23.7 Å². The molecule has 1 aromatic rings. The van der Waals surface area contributed by atoms with E-state index in [1.165, 1.54) is 0 Å². The molecular formula is C11H12ClNO3. The fourth-order valence-electron chi connectivity index (χ4n) is 1.84.